The first kappa shape index (κ1) is 8.34. The maximum absolute atomic E-state index is 10.6. The van der Waals surface area contributed by atoms with E-state index in [9.17, 15) is 4.79 Å². The first-order valence-electron chi connectivity index (χ1n) is 3.46. The molecule has 0 fully saturated rings. The highest BCUT2D eigenvalue weighted by atomic mass is 32.2. The second kappa shape index (κ2) is 4.19. The number of hydrogen-bond donors (Lipinski definition) is 0. The van der Waals surface area contributed by atoms with Gasteiger partial charge in [0.15, 0.2) is 0 Å². The van der Waals surface area contributed by atoms with E-state index >= 15 is 0 Å². The number of rotatable bonds is 3. The second-order valence-electron chi connectivity index (χ2n) is 2.30. The van der Waals surface area contributed by atoms with Crippen molar-refractivity contribution in [1.82, 2.24) is 0 Å². The molecule has 11 heavy (non-hydrogen) atoms. The Balaban J connectivity index is 2.45. The largest absolute Gasteiger partial charge is 0.299 e. The van der Waals surface area contributed by atoms with E-state index in [4.69, 9.17) is 0 Å². The lowest BCUT2D eigenvalue weighted by Gasteiger charge is -1.95. The molecule has 0 unspecified atom stereocenters. The zero-order valence-corrected chi connectivity index (χ0v) is 7.23. The van der Waals surface area contributed by atoms with Crippen LogP contribution in [0.15, 0.2) is 35.2 Å². The normalized spacial score (nSPS) is 9.55. The van der Waals surface area contributed by atoms with Crippen LogP contribution in [0.2, 0.25) is 0 Å². The summed E-state index contributed by atoms with van der Waals surface area (Å²) >= 11 is 1.58. The molecule has 0 aromatic heterocycles. The van der Waals surface area contributed by atoms with Crippen molar-refractivity contribution in [2.75, 3.05) is 5.75 Å². The fourth-order valence-corrected chi connectivity index (χ4v) is 1.42. The zero-order chi connectivity index (χ0) is 8.10. The van der Waals surface area contributed by atoms with Crippen LogP contribution >= 0.6 is 11.8 Å². The fourth-order valence-electron chi connectivity index (χ4n) is 0.702. The molecule has 0 N–H and O–H groups in total. The Bertz CT molecular complexity index is 231. The monoisotopic (exact) mass is 166 g/mol. The van der Waals surface area contributed by atoms with E-state index in [1.165, 1.54) is 0 Å². The van der Waals surface area contributed by atoms with Crippen LogP contribution in [0.1, 0.15) is 6.92 Å². The summed E-state index contributed by atoms with van der Waals surface area (Å²) in [5.74, 6) is 0.795. The third-order valence-corrected chi connectivity index (χ3v) is 2.34. The lowest BCUT2D eigenvalue weighted by molar-refractivity contribution is -0.114. The number of Topliss-reactive ketones (excluding diaryl/α,β-unsaturated/α-hetero) is 1. The molecule has 1 rings (SSSR count). The minimum absolute atomic E-state index is 0.221. The van der Waals surface area contributed by atoms with Gasteiger partial charge in [-0.2, -0.15) is 0 Å². The van der Waals surface area contributed by atoms with Gasteiger partial charge in [-0.15, -0.1) is 11.8 Å². The van der Waals surface area contributed by atoms with Crippen LogP contribution < -0.4 is 0 Å². The van der Waals surface area contributed by atoms with E-state index in [1.807, 2.05) is 30.3 Å². The molecule has 0 bridgehead atoms. The van der Waals surface area contributed by atoms with Gasteiger partial charge in [0, 0.05) is 4.90 Å². The average molecular weight is 166 g/mol. The van der Waals surface area contributed by atoms with E-state index in [1.54, 1.807) is 18.7 Å². The first-order valence-corrected chi connectivity index (χ1v) is 4.45. The topological polar surface area (TPSA) is 17.1 Å². The van der Waals surface area contributed by atoms with Crippen LogP contribution in [0, 0.1) is 0 Å². The Morgan fingerprint density at radius 3 is 2.55 bits per heavy atom. The van der Waals surface area contributed by atoms with Crippen molar-refractivity contribution >= 4 is 17.5 Å². The molecule has 0 heterocycles. The smallest absolute Gasteiger partial charge is 0.140 e. The highest BCUT2D eigenvalue weighted by Gasteiger charge is 1.94. The highest BCUT2D eigenvalue weighted by molar-refractivity contribution is 8.00. The maximum Gasteiger partial charge on any atom is 0.140 e. The summed E-state index contributed by atoms with van der Waals surface area (Å²) in [4.78, 5) is 11.8. The lowest BCUT2D eigenvalue weighted by Crippen LogP contribution is -1.92. The van der Waals surface area contributed by atoms with E-state index in [2.05, 4.69) is 0 Å². The SMILES string of the molecule is CC(=O)CSc1ccccc1. The number of benzene rings is 1. The van der Waals surface area contributed by atoms with E-state index in [0.717, 1.165) is 4.90 Å². The number of hydrogen-bond acceptors (Lipinski definition) is 2. The lowest BCUT2D eigenvalue weighted by atomic mass is 10.4. The predicted octanol–water partition coefficient (Wildman–Crippen LogP) is 2.37. The molecule has 0 spiro atoms. The van der Waals surface area contributed by atoms with Gasteiger partial charge in [-0.1, -0.05) is 18.2 Å². The molecule has 0 aliphatic carbocycles. The van der Waals surface area contributed by atoms with Gasteiger partial charge < -0.3 is 0 Å². The molecule has 0 radical (unpaired) electrons. The minimum Gasteiger partial charge on any atom is -0.299 e. The van der Waals surface area contributed by atoms with Crippen LogP contribution in [0.5, 0.6) is 0 Å². The summed E-state index contributed by atoms with van der Waals surface area (Å²) in [7, 11) is 0. The molecule has 0 aliphatic rings. The van der Waals surface area contributed by atoms with E-state index in [-0.39, 0.29) is 5.78 Å². The van der Waals surface area contributed by atoms with Crippen LogP contribution in [-0.2, 0) is 4.79 Å². The fraction of sp³-hybridized carbons (Fsp3) is 0.222. The number of ketones is 1. The molecule has 1 nitrogen and oxygen atoms in total. The number of carbonyl (C=O) groups is 1. The van der Waals surface area contributed by atoms with Crippen molar-refractivity contribution in [1.29, 1.82) is 0 Å². The quantitative estimate of drug-likeness (QED) is 0.641. The van der Waals surface area contributed by atoms with Crippen LogP contribution in [0.25, 0.3) is 0 Å². The van der Waals surface area contributed by atoms with Crippen molar-refractivity contribution in [2.45, 2.75) is 11.8 Å². The second-order valence-corrected chi connectivity index (χ2v) is 3.35. The molecular weight excluding hydrogens is 156 g/mol. The third-order valence-electron chi connectivity index (χ3n) is 1.19. The van der Waals surface area contributed by atoms with Gasteiger partial charge >= 0.3 is 0 Å². The summed E-state index contributed by atoms with van der Waals surface area (Å²) in [6.07, 6.45) is 0. The summed E-state index contributed by atoms with van der Waals surface area (Å²) in [6, 6.07) is 9.93. The molecule has 0 atom stereocenters. The van der Waals surface area contributed by atoms with Crippen molar-refractivity contribution in [3.63, 3.8) is 0 Å². The van der Waals surface area contributed by atoms with Crippen molar-refractivity contribution in [2.24, 2.45) is 0 Å². The summed E-state index contributed by atoms with van der Waals surface area (Å²) in [5, 5.41) is 0. The minimum atomic E-state index is 0.221. The van der Waals surface area contributed by atoms with Gasteiger partial charge in [0.1, 0.15) is 5.78 Å². The van der Waals surface area contributed by atoms with Crippen LogP contribution in [0.3, 0.4) is 0 Å². The van der Waals surface area contributed by atoms with Gasteiger partial charge in [0.25, 0.3) is 0 Å². The van der Waals surface area contributed by atoms with Gasteiger partial charge in [-0.25, -0.2) is 0 Å². The maximum atomic E-state index is 10.6. The van der Waals surface area contributed by atoms with Gasteiger partial charge in [0.2, 0.25) is 0 Å². The van der Waals surface area contributed by atoms with E-state index < -0.39 is 0 Å². The molecule has 0 saturated carbocycles. The summed E-state index contributed by atoms with van der Waals surface area (Å²) in [5.41, 5.74) is 0. The molecular formula is C9H10OS. The Morgan fingerprint density at radius 2 is 2.00 bits per heavy atom. The number of thioether (sulfide) groups is 1. The molecule has 58 valence electrons. The Labute approximate surface area is 70.8 Å². The molecule has 2 heteroatoms. The van der Waals surface area contributed by atoms with Crippen LogP contribution in [-0.4, -0.2) is 11.5 Å². The first-order chi connectivity index (χ1) is 5.29. The highest BCUT2D eigenvalue weighted by Crippen LogP contribution is 2.16. The Hall–Kier alpha value is -0.760. The van der Waals surface area contributed by atoms with Gasteiger partial charge in [0.05, 0.1) is 5.75 Å². The number of carbonyl (C=O) groups excluding carboxylic acids is 1. The molecule has 1 aromatic rings. The third kappa shape index (κ3) is 3.23. The average Bonchev–Trinajstić information content (AvgIpc) is 2.03. The molecule has 0 aliphatic heterocycles. The Morgan fingerprint density at radius 1 is 1.36 bits per heavy atom. The molecule has 0 amide bonds. The van der Waals surface area contributed by atoms with Gasteiger partial charge in [-0.05, 0) is 19.1 Å². The van der Waals surface area contributed by atoms with E-state index in [0.29, 0.717) is 5.75 Å². The van der Waals surface area contributed by atoms with Gasteiger partial charge in [-0.3, -0.25) is 4.79 Å². The zero-order valence-electron chi connectivity index (χ0n) is 6.41. The molecule has 1 aromatic carbocycles. The van der Waals surface area contributed by atoms with Crippen LogP contribution in [0.4, 0.5) is 0 Å². The Kier molecular flexibility index (Phi) is 3.17. The van der Waals surface area contributed by atoms with Crippen molar-refractivity contribution in [3.05, 3.63) is 30.3 Å². The van der Waals surface area contributed by atoms with Crippen molar-refractivity contribution in [3.8, 4) is 0 Å². The standard InChI is InChI=1S/C9H10OS/c1-8(10)7-11-9-5-3-2-4-6-9/h2-6H,7H2,1H3. The molecule has 0 saturated heterocycles. The predicted molar refractivity (Wildman–Crippen MR) is 47.8 cm³/mol. The summed E-state index contributed by atoms with van der Waals surface area (Å²) in [6.45, 7) is 1.61. The van der Waals surface area contributed by atoms with Crippen molar-refractivity contribution < 1.29 is 4.79 Å². The summed E-state index contributed by atoms with van der Waals surface area (Å²) < 4.78 is 0.